The average molecular weight is 187 g/mol. The largest absolute Gasteiger partial charge is 0.463 e. The van der Waals surface area contributed by atoms with E-state index < -0.39 is 12.1 Å². The summed E-state index contributed by atoms with van der Waals surface area (Å²) in [5.74, 6) is -0.448. The van der Waals surface area contributed by atoms with E-state index in [0.717, 1.165) is 6.08 Å². The highest BCUT2D eigenvalue weighted by atomic mass is 16.5. The number of ether oxygens (including phenoxy) is 2. The summed E-state index contributed by atoms with van der Waals surface area (Å²) in [4.78, 5) is 20.6. The SMILES string of the molecule is C=CC(=O)OCCCCOC(N)=O. The van der Waals surface area contributed by atoms with Crippen LogP contribution in [0.2, 0.25) is 0 Å². The summed E-state index contributed by atoms with van der Waals surface area (Å²) >= 11 is 0. The van der Waals surface area contributed by atoms with Crippen LogP contribution in [0.3, 0.4) is 0 Å². The van der Waals surface area contributed by atoms with Gasteiger partial charge in [0, 0.05) is 6.08 Å². The number of hydrogen-bond acceptors (Lipinski definition) is 4. The molecule has 0 rings (SSSR count). The van der Waals surface area contributed by atoms with Gasteiger partial charge in [0.05, 0.1) is 13.2 Å². The number of carbonyl (C=O) groups is 2. The normalized spacial score (nSPS) is 8.92. The molecule has 2 N–H and O–H groups in total. The molecule has 0 fully saturated rings. The zero-order valence-corrected chi connectivity index (χ0v) is 7.32. The van der Waals surface area contributed by atoms with Gasteiger partial charge in [0.25, 0.3) is 0 Å². The van der Waals surface area contributed by atoms with Crippen LogP contribution in [0.25, 0.3) is 0 Å². The fraction of sp³-hybridized carbons (Fsp3) is 0.500. The molecule has 0 aliphatic rings. The number of esters is 1. The molecule has 1 amide bonds. The van der Waals surface area contributed by atoms with Crippen LogP contribution < -0.4 is 5.73 Å². The van der Waals surface area contributed by atoms with Crippen molar-refractivity contribution >= 4 is 12.1 Å². The van der Waals surface area contributed by atoms with E-state index in [2.05, 4.69) is 16.1 Å². The Labute approximate surface area is 76.5 Å². The first-order valence-corrected chi connectivity index (χ1v) is 3.88. The summed E-state index contributed by atoms with van der Waals surface area (Å²) < 4.78 is 9.12. The van der Waals surface area contributed by atoms with Crippen LogP contribution in [0.5, 0.6) is 0 Å². The lowest BCUT2D eigenvalue weighted by molar-refractivity contribution is -0.137. The van der Waals surface area contributed by atoms with Gasteiger partial charge < -0.3 is 15.2 Å². The van der Waals surface area contributed by atoms with Gasteiger partial charge in [-0.05, 0) is 12.8 Å². The van der Waals surface area contributed by atoms with Gasteiger partial charge in [-0.3, -0.25) is 0 Å². The van der Waals surface area contributed by atoms with Gasteiger partial charge in [-0.1, -0.05) is 6.58 Å². The second-order valence-corrected chi connectivity index (χ2v) is 2.25. The molecule has 5 nitrogen and oxygen atoms in total. The molecule has 0 atom stereocenters. The second kappa shape index (κ2) is 7.15. The molecule has 0 bridgehead atoms. The Bertz CT molecular complexity index is 191. The second-order valence-electron chi connectivity index (χ2n) is 2.25. The lowest BCUT2D eigenvalue weighted by Crippen LogP contribution is -2.14. The van der Waals surface area contributed by atoms with Crippen LogP contribution in [-0.2, 0) is 14.3 Å². The lowest BCUT2D eigenvalue weighted by Gasteiger charge is -2.01. The zero-order valence-electron chi connectivity index (χ0n) is 7.32. The maximum atomic E-state index is 10.5. The molecule has 0 aromatic carbocycles. The summed E-state index contributed by atoms with van der Waals surface area (Å²) in [7, 11) is 0. The van der Waals surface area contributed by atoms with Crippen LogP contribution in [-0.4, -0.2) is 25.3 Å². The van der Waals surface area contributed by atoms with E-state index >= 15 is 0 Å². The molecule has 0 unspecified atom stereocenters. The number of hydrogen-bond donors (Lipinski definition) is 1. The summed E-state index contributed by atoms with van der Waals surface area (Å²) in [6.07, 6.45) is 1.56. The van der Waals surface area contributed by atoms with E-state index in [1.807, 2.05) is 0 Å². The first-order chi connectivity index (χ1) is 6.16. The lowest BCUT2D eigenvalue weighted by atomic mass is 10.3. The minimum absolute atomic E-state index is 0.251. The highest BCUT2D eigenvalue weighted by Crippen LogP contribution is 1.92. The molecule has 0 saturated carbocycles. The molecule has 0 radical (unpaired) electrons. The Balaban J connectivity index is 3.12. The van der Waals surface area contributed by atoms with Crippen LogP contribution in [0.4, 0.5) is 4.79 Å². The van der Waals surface area contributed by atoms with Crippen molar-refractivity contribution in [2.75, 3.05) is 13.2 Å². The highest BCUT2D eigenvalue weighted by molar-refractivity contribution is 5.81. The number of nitrogens with two attached hydrogens (primary N) is 1. The topological polar surface area (TPSA) is 78.6 Å². The predicted molar refractivity (Wildman–Crippen MR) is 45.9 cm³/mol. The Hall–Kier alpha value is -1.52. The number of unbranched alkanes of at least 4 members (excludes halogenated alkanes) is 1. The third-order valence-corrected chi connectivity index (χ3v) is 1.19. The Morgan fingerprint density at radius 3 is 2.23 bits per heavy atom. The maximum absolute atomic E-state index is 10.5. The van der Waals surface area contributed by atoms with Gasteiger partial charge in [0.2, 0.25) is 0 Å². The van der Waals surface area contributed by atoms with E-state index in [1.165, 1.54) is 0 Å². The molecule has 0 saturated heterocycles. The molecule has 0 aromatic heterocycles. The Morgan fingerprint density at radius 2 is 1.77 bits per heavy atom. The number of carbonyl (C=O) groups excluding carboxylic acids is 2. The number of primary amides is 1. The molecular formula is C8H13NO4. The van der Waals surface area contributed by atoms with Crippen molar-refractivity contribution in [3.8, 4) is 0 Å². The van der Waals surface area contributed by atoms with E-state index in [0.29, 0.717) is 19.4 Å². The quantitative estimate of drug-likeness (QED) is 0.375. The Morgan fingerprint density at radius 1 is 1.23 bits per heavy atom. The van der Waals surface area contributed by atoms with Gasteiger partial charge in [-0.2, -0.15) is 0 Å². The summed E-state index contributed by atoms with van der Waals surface area (Å²) in [5.41, 5.74) is 4.72. The molecule has 13 heavy (non-hydrogen) atoms. The summed E-state index contributed by atoms with van der Waals surface area (Å²) in [6.45, 7) is 3.79. The Kier molecular flexibility index (Phi) is 6.31. The maximum Gasteiger partial charge on any atom is 0.404 e. The zero-order chi connectivity index (χ0) is 10.1. The monoisotopic (exact) mass is 187 g/mol. The molecule has 0 aliphatic heterocycles. The molecular weight excluding hydrogens is 174 g/mol. The van der Waals surface area contributed by atoms with Crippen molar-refractivity contribution in [1.29, 1.82) is 0 Å². The van der Waals surface area contributed by atoms with E-state index in [-0.39, 0.29) is 6.61 Å². The third kappa shape index (κ3) is 8.39. The van der Waals surface area contributed by atoms with E-state index in [9.17, 15) is 9.59 Å². The smallest absolute Gasteiger partial charge is 0.404 e. The molecule has 0 heterocycles. The number of rotatable bonds is 6. The predicted octanol–water partition coefficient (Wildman–Crippen LogP) is 0.591. The first-order valence-electron chi connectivity index (χ1n) is 3.88. The molecule has 5 heteroatoms. The molecule has 74 valence electrons. The van der Waals surface area contributed by atoms with E-state index in [1.54, 1.807) is 0 Å². The van der Waals surface area contributed by atoms with Crippen molar-refractivity contribution in [1.82, 2.24) is 0 Å². The van der Waals surface area contributed by atoms with Gasteiger partial charge in [-0.25, -0.2) is 9.59 Å². The van der Waals surface area contributed by atoms with Crippen molar-refractivity contribution in [2.24, 2.45) is 5.73 Å². The summed E-state index contributed by atoms with van der Waals surface area (Å²) in [6, 6.07) is 0. The van der Waals surface area contributed by atoms with E-state index in [4.69, 9.17) is 5.73 Å². The third-order valence-electron chi connectivity index (χ3n) is 1.19. The average Bonchev–Trinajstić information content (AvgIpc) is 2.10. The van der Waals surface area contributed by atoms with Crippen LogP contribution in [0, 0.1) is 0 Å². The van der Waals surface area contributed by atoms with Crippen molar-refractivity contribution < 1.29 is 19.1 Å². The van der Waals surface area contributed by atoms with Gasteiger partial charge in [0.1, 0.15) is 0 Å². The molecule has 0 spiro atoms. The fourth-order valence-corrected chi connectivity index (χ4v) is 0.609. The minimum atomic E-state index is -0.789. The van der Waals surface area contributed by atoms with Crippen molar-refractivity contribution in [2.45, 2.75) is 12.8 Å². The van der Waals surface area contributed by atoms with Crippen LogP contribution in [0.1, 0.15) is 12.8 Å². The standard InChI is InChI=1S/C8H13NO4/c1-2-7(10)12-5-3-4-6-13-8(9)11/h2H,1,3-6H2,(H2,9,11). The van der Waals surface area contributed by atoms with Gasteiger partial charge in [-0.15, -0.1) is 0 Å². The first kappa shape index (κ1) is 11.5. The highest BCUT2D eigenvalue weighted by Gasteiger charge is 1.96. The van der Waals surface area contributed by atoms with Gasteiger partial charge >= 0.3 is 12.1 Å². The van der Waals surface area contributed by atoms with Crippen molar-refractivity contribution in [3.63, 3.8) is 0 Å². The van der Waals surface area contributed by atoms with Gasteiger partial charge in [0.15, 0.2) is 0 Å². The molecule has 0 aromatic rings. The van der Waals surface area contributed by atoms with Crippen LogP contribution >= 0.6 is 0 Å². The fourth-order valence-electron chi connectivity index (χ4n) is 0.609. The number of amides is 1. The van der Waals surface area contributed by atoms with Crippen molar-refractivity contribution in [3.05, 3.63) is 12.7 Å². The minimum Gasteiger partial charge on any atom is -0.463 e. The van der Waals surface area contributed by atoms with Crippen LogP contribution in [0.15, 0.2) is 12.7 Å². The summed E-state index contributed by atoms with van der Waals surface area (Å²) in [5, 5.41) is 0. The molecule has 0 aliphatic carbocycles.